The van der Waals surface area contributed by atoms with Crippen LogP contribution in [-0.2, 0) is 9.53 Å². The van der Waals surface area contributed by atoms with Crippen LogP contribution in [0.15, 0.2) is 18.2 Å². The van der Waals surface area contributed by atoms with Crippen LogP contribution < -0.4 is 0 Å². The Bertz CT molecular complexity index is 476. The van der Waals surface area contributed by atoms with Gasteiger partial charge in [0.15, 0.2) is 0 Å². The predicted octanol–water partition coefficient (Wildman–Crippen LogP) is 0.944. The molecule has 2 unspecified atom stereocenters. The van der Waals surface area contributed by atoms with Crippen molar-refractivity contribution in [3.05, 3.63) is 23.8 Å². The van der Waals surface area contributed by atoms with Crippen molar-refractivity contribution in [2.75, 3.05) is 19.8 Å². The molecule has 1 saturated heterocycles. The zero-order valence-electron chi connectivity index (χ0n) is 10.6. The van der Waals surface area contributed by atoms with Gasteiger partial charge in [-0.05, 0) is 13.0 Å². The highest BCUT2D eigenvalue weighted by molar-refractivity contribution is 5.73. The number of rotatable bonds is 3. The molecule has 1 aliphatic heterocycles. The number of carboxylic acid groups (broad SMARTS) is 1. The number of carboxylic acids is 1. The molecule has 1 aromatic rings. The fourth-order valence-electron chi connectivity index (χ4n) is 2.36. The van der Waals surface area contributed by atoms with Crippen LogP contribution in [0.1, 0.15) is 18.5 Å². The second-order valence-electron chi connectivity index (χ2n) is 4.59. The first-order chi connectivity index (χ1) is 9.00. The van der Waals surface area contributed by atoms with Gasteiger partial charge < -0.3 is 20.1 Å². The van der Waals surface area contributed by atoms with E-state index < -0.39 is 12.0 Å². The lowest BCUT2D eigenvalue weighted by molar-refractivity contribution is -0.151. The molecule has 1 heterocycles. The normalized spacial score (nSPS) is 22.1. The molecule has 0 amide bonds. The van der Waals surface area contributed by atoms with Gasteiger partial charge in [0.05, 0.1) is 13.2 Å². The van der Waals surface area contributed by atoms with Gasteiger partial charge in [0.1, 0.15) is 17.5 Å². The number of morpholine rings is 1. The topological polar surface area (TPSA) is 90.2 Å². The number of phenols is 2. The number of nitrogens with zero attached hydrogens (tertiary/aromatic N) is 1. The minimum atomic E-state index is -0.940. The largest absolute Gasteiger partial charge is 0.508 e. The third kappa shape index (κ3) is 2.80. The molecule has 104 valence electrons. The Morgan fingerprint density at radius 3 is 2.84 bits per heavy atom. The number of aliphatic carboxylic acids is 1. The van der Waals surface area contributed by atoms with E-state index in [1.165, 1.54) is 12.1 Å². The predicted molar refractivity (Wildman–Crippen MR) is 67.1 cm³/mol. The number of benzene rings is 1. The van der Waals surface area contributed by atoms with Crippen LogP contribution in [0.25, 0.3) is 0 Å². The molecule has 2 rings (SSSR count). The van der Waals surface area contributed by atoms with Gasteiger partial charge in [-0.25, -0.2) is 0 Å². The highest BCUT2D eigenvalue weighted by Gasteiger charge is 2.33. The molecule has 0 spiro atoms. The van der Waals surface area contributed by atoms with Gasteiger partial charge in [-0.2, -0.15) is 0 Å². The maximum absolute atomic E-state index is 11.2. The molecule has 19 heavy (non-hydrogen) atoms. The zero-order valence-corrected chi connectivity index (χ0v) is 10.6. The van der Waals surface area contributed by atoms with Gasteiger partial charge >= 0.3 is 5.97 Å². The molecule has 1 aliphatic rings. The van der Waals surface area contributed by atoms with Crippen molar-refractivity contribution in [2.24, 2.45) is 0 Å². The molecule has 0 radical (unpaired) electrons. The molecule has 0 aromatic heterocycles. The van der Waals surface area contributed by atoms with Crippen molar-refractivity contribution in [3.8, 4) is 11.5 Å². The number of phenolic OH excluding ortho intramolecular Hbond substituents is 2. The van der Waals surface area contributed by atoms with E-state index in [0.717, 1.165) is 0 Å². The molecule has 1 fully saturated rings. The quantitative estimate of drug-likeness (QED) is 0.755. The van der Waals surface area contributed by atoms with Gasteiger partial charge in [-0.3, -0.25) is 9.69 Å². The van der Waals surface area contributed by atoms with E-state index in [2.05, 4.69) is 0 Å². The van der Waals surface area contributed by atoms with Crippen LogP contribution in [0.4, 0.5) is 0 Å². The number of aromatic hydroxyl groups is 2. The zero-order chi connectivity index (χ0) is 14.0. The number of ether oxygens (including phenoxy) is 1. The minimum absolute atomic E-state index is 0.0230. The fourth-order valence-corrected chi connectivity index (χ4v) is 2.36. The lowest BCUT2D eigenvalue weighted by atomic mass is 10.0. The number of carbonyl (C=O) groups is 1. The third-order valence-corrected chi connectivity index (χ3v) is 3.42. The van der Waals surface area contributed by atoms with Crippen LogP contribution in [0.2, 0.25) is 0 Å². The summed E-state index contributed by atoms with van der Waals surface area (Å²) in [5.74, 6) is -1.00. The smallest absolute Gasteiger partial charge is 0.323 e. The molecule has 2 atom stereocenters. The summed E-state index contributed by atoms with van der Waals surface area (Å²) >= 11 is 0. The first kappa shape index (κ1) is 13.6. The first-order valence-corrected chi connectivity index (χ1v) is 6.09. The Hall–Kier alpha value is -1.79. The molecule has 3 N–H and O–H groups in total. The average molecular weight is 267 g/mol. The van der Waals surface area contributed by atoms with E-state index in [0.29, 0.717) is 18.7 Å². The molecular weight excluding hydrogens is 250 g/mol. The minimum Gasteiger partial charge on any atom is -0.508 e. The Labute approximate surface area is 110 Å². The summed E-state index contributed by atoms with van der Waals surface area (Å²) in [5.41, 5.74) is 0.589. The fraction of sp³-hybridized carbons (Fsp3) is 0.462. The van der Waals surface area contributed by atoms with Crippen LogP contribution >= 0.6 is 0 Å². The Kier molecular flexibility index (Phi) is 3.92. The molecule has 6 nitrogen and oxygen atoms in total. The van der Waals surface area contributed by atoms with Crippen molar-refractivity contribution >= 4 is 5.97 Å². The van der Waals surface area contributed by atoms with E-state index >= 15 is 0 Å². The number of hydrogen-bond acceptors (Lipinski definition) is 5. The Morgan fingerprint density at radius 2 is 2.21 bits per heavy atom. The van der Waals surface area contributed by atoms with Crippen molar-refractivity contribution in [1.29, 1.82) is 0 Å². The van der Waals surface area contributed by atoms with Crippen molar-refractivity contribution in [2.45, 2.75) is 19.0 Å². The number of hydrogen-bond donors (Lipinski definition) is 3. The van der Waals surface area contributed by atoms with Crippen molar-refractivity contribution < 1.29 is 24.9 Å². The Morgan fingerprint density at radius 1 is 1.47 bits per heavy atom. The van der Waals surface area contributed by atoms with Crippen molar-refractivity contribution in [3.63, 3.8) is 0 Å². The molecule has 0 bridgehead atoms. The maximum atomic E-state index is 11.2. The highest BCUT2D eigenvalue weighted by Crippen LogP contribution is 2.32. The second kappa shape index (κ2) is 5.46. The standard InChI is InChI=1S/C13H17NO5/c1-8(10-3-2-9(15)6-12(10)16)14-4-5-19-7-11(14)13(17)18/h2-3,6,8,11,15-16H,4-5,7H2,1H3,(H,17,18). The van der Waals surface area contributed by atoms with Crippen LogP contribution in [0, 0.1) is 0 Å². The SMILES string of the molecule is CC(c1ccc(O)cc1O)N1CCOCC1C(=O)O. The van der Waals surface area contributed by atoms with Crippen molar-refractivity contribution in [1.82, 2.24) is 4.90 Å². The summed E-state index contributed by atoms with van der Waals surface area (Å²) < 4.78 is 5.18. The van der Waals surface area contributed by atoms with E-state index in [9.17, 15) is 20.1 Å². The summed E-state index contributed by atoms with van der Waals surface area (Å²) in [6.45, 7) is 2.91. The Balaban J connectivity index is 2.25. The monoisotopic (exact) mass is 267 g/mol. The third-order valence-electron chi connectivity index (χ3n) is 3.42. The molecule has 0 saturated carbocycles. The molecule has 1 aromatic carbocycles. The van der Waals surface area contributed by atoms with Gasteiger partial charge in [0.2, 0.25) is 0 Å². The van der Waals surface area contributed by atoms with Gasteiger partial charge in [0.25, 0.3) is 0 Å². The summed E-state index contributed by atoms with van der Waals surface area (Å²) in [7, 11) is 0. The summed E-state index contributed by atoms with van der Waals surface area (Å²) in [6, 6.07) is 3.33. The van der Waals surface area contributed by atoms with Gasteiger partial charge in [-0.15, -0.1) is 0 Å². The van der Waals surface area contributed by atoms with Crippen LogP contribution in [-0.4, -0.2) is 52.0 Å². The van der Waals surface area contributed by atoms with E-state index in [4.69, 9.17) is 4.74 Å². The van der Waals surface area contributed by atoms with Gasteiger partial charge in [0, 0.05) is 24.2 Å². The second-order valence-corrected chi connectivity index (χ2v) is 4.59. The lowest BCUT2D eigenvalue weighted by Gasteiger charge is -2.37. The van der Waals surface area contributed by atoms with Crippen LogP contribution in [0.5, 0.6) is 11.5 Å². The van der Waals surface area contributed by atoms with E-state index in [1.807, 2.05) is 6.92 Å². The van der Waals surface area contributed by atoms with E-state index in [1.54, 1.807) is 11.0 Å². The van der Waals surface area contributed by atoms with Gasteiger partial charge in [-0.1, -0.05) is 6.07 Å². The highest BCUT2D eigenvalue weighted by atomic mass is 16.5. The maximum Gasteiger partial charge on any atom is 0.323 e. The first-order valence-electron chi connectivity index (χ1n) is 6.09. The average Bonchev–Trinajstić information content (AvgIpc) is 2.38. The van der Waals surface area contributed by atoms with Crippen LogP contribution in [0.3, 0.4) is 0 Å². The van der Waals surface area contributed by atoms with E-state index in [-0.39, 0.29) is 24.1 Å². The molecule has 0 aliphatic carbocycles. The summed E-state index contributed by atoms with van der Waals surface area (Å²) in [5, 5.41) is 28.3. The molecular formula is C13H17NO5. The summed E-state index contributed by atoms with van der Waals surface area (Å²) in [4.78, 5) is 13.0. The lowest BCUT2D eigenvalue weighted by Crippen LogP contribution is -2.50. The molecule has 6 heteroatoms. The summed E-state index contributed by atoms with van der Waals surface area (Å²) in [6.07, 6.45) is 0.